The van der Waals surface area contributed by atoms with Crippen LogP contribution in [0.5, 0.6) is 0 Å². The van der Waals surface area contributed by atoms with Crippen LogP contribution in [0.25, 0.3) is 0 Å². The zero-order chi connectivity index (χ0) is 27.3. The molecule has 0 saturated heterocycles. The van der Waals surface area contributed by atoms with Gasteiger partial charge in [-0.15, -0.1) is 0 Å². The van der Waals surface area contributed by atoms with E-state index in [9.17, 15) is 43.8 Å². The lowest BCUT2D eigenvalue weighted by Crippen LogP contribution is -2.58. The number of carboxylic acid groups (broad SMARTS) is 4. The lowest BCUT2D eigenvalue weighted by atomic mass is 10.1. The molecule has 16 heteroatoms. The summed E-state index contributed by atoms with van der Waals surface area (Å²) < 4.78 is 0. The van der Waals surface area contributed by atoms with Crippen molar-refractivity contribution in [1.29, 1.82) is 0 Å². The van der Waals surface area contributed by atoms with E-state index < -0.39 is 110 Å². The molecule has 0 radical (unpaired) electrons. The van der Waals surface area contributed by atoms with Crippen molar-refractivity contribution in [3.63, 3.8) is 0 Å². The van der Waals surface area contributed by atoms with Gasteiger partial charge in [-0.1, -0.05) is 0 Å². The largest absolute Gasteiger partial charge is 0.481 e. The van der Waals surface area contributed by atoms with Gasteiger partial charge in [0.2, 0.25) is 17.7 Å². The molecule has 0 aromatic carbocycles. The zero-order valence-electron chi connectivity index (χ0n) is 18.8. The summed E-state index contributed by atoms with van der Waals surface area (Å²) in [4.78, 5) is 81.4. The van der Waals surface area contributed by atoms with Crippen LogP contribution >= 0.6 is 0 Å². The van der Waals surface area contributed by atoms with Crippen LogP contribution < -0.4 is 21.7 Å². The van der Waals surface area contributed by atoms with Gasteiger partial charge in [0, 0.05) is 19.3 Å². The average molecular weight is 506 g/mol. The first-order chi connectivity index (χ1) is 16.1. The summed E-state index contributed by atoms with van der Waals surface area (Å²) in [7, 11) is 0. The third-order valence-corrected chi connectivity index (χ3v) is 4.64. The molecule has 0 rings (SSSR count). The van der Waals surface area contributed by atoms with Gasteiger partial charge in [0.15, 0.2) is 0 Å². The summed E-state index contributed by atoms with van der Waals surface area (Å²) in [5, 5.41) is 51.5. The summed E-state index contributed by atoms with van der Waals surface area (Å²) >= 11 is 0. The highest BCUT2D eigenvalue weighted by Crippen LogP contribution is 2.06. The van der Waals surface area contributed by atoms with Crippen molar-refractivity contribution < 1.29 is 59.1 Å². The molecule has 0 heterocycles. The molecule has 0 fully saturated rings. The molecule has 35 heavy (non-hydrogen) atoms. The normalized spacial score (nSPS) is 14.9. The van der Waals surface area contributed by atoms with E-state index in [-0.39, 0.29) is 0 Å². The summed E-state index contributed by atoms with van der Waals surface area (Å²) in [6.45, 7) is 1.20. The molecule has 0 saturated carbocycles. The smallest absolute Gasteiger partial charge is 0.326 e. The van der Waals surface area contributed by atoms with E-state index in [4.69, 9.17) is 21.1 Å². The van der Waals surface area contributed by atoms with Crippen LogP contribution in [0.15, 0.2) is 0 Å². The summed E-state index contributed by atoms with van der Waals surface area (Å²) in [6.07, 6.45) is -4.60. The van der Waals surface area contributed by atoms with Gasteiger partial charge in [-0.3, -0.25) is 28.8 Å². The topological polar surface area (TPSA) is 283 Å². The van der Waals surface area contributed by atoms with E-state index in [1.54, 1.807) is 0 Å². The number of carbonyl (C=O) groups is 7. The number of amides is 3. The van der Waals surface area contributed by atoms with Gasteiger partial charge in [-0.25, -0.2) is 4.79 Å². The average Bonchev–Trinajstić information content (AvgIpc) is 2.74. The van der Waals surface area contributed by atoms with Crippen LogP contribution in [0.3, 0.4) is 0 Å². The third kappa shape index (κ3) is 12.9. The molecule has 0 aromatic heterocycles. The summed E-state index contributed by atoms with van der Waals surface area (Å²) in [6, 6.07) is -6.30. The second kappa shape index (κ2) is 15.2. The minimum atomic E-state index is -1.66. The van der Waals surface area contributed by atoms with E-state index in [1.165, 1.54) is 6.92 Å². The van der Waals surface area contributed by atoms with E-state index in [0.717, 1.165) is 0 Å². The SMILES string of the molecule is CC(O)C(N)C(=O)NC(CCC(=O)O)C(=O)NC(CCC(=O)O)C(=O)NC(CCC(=O)O)C(=O)O. The Hall–Kier alpha value is -3.79. The molecule has 10 N–H and O–H groups in total. The van der Waals surface area contributed by atoms with Crippen LogP contribution in [0, 0.1) is 0 Å². The quantitative estimate of drug-likeness (QED) is 0.0942. The maximum atomic E-state index is 12.7. The number of aliphatic hydroxyl groups is 1. The number of carbonyl (C=O) groups excluding carboxylic acids is 3. The Bertz CT molecular complexity index is 816. The molecule has 3 amide bonds. The predicted molar refractivity (Wildman–Crippen MR) is 114 cm³/mol. The van der Waals surface area contributed by atoms with Crippen molar-refractivity contribution in [1.82, 2.24) is 16.0 Å². The summed E-state index contributed by atoms with van der Waals surface area (Å²) in [5.74, 6) is -8.80. The highest BCUT2D eigenvalue weighted by molar-refractivity contribution is 5.94. The lowest BCUT2D eigenvalue weighted by Gasteiger charge is -2.25. The zero-order valence-corrected chi connectivity index (χ0v) is 18.8. The van der Waals surface area contributed by atoms with Crippen LogP contribution in [0.1, 0.15) is 45.4 Å². The monoisotopic (exact) mass is 506 g/mol. The number of nitrogens with one attached hydrogen (secondary N) is 3. The third-order valence-electron chi connectivity index (χ3n) is 4.64. The van der Waals surface area contributed by atoms with Gasteiger partial charge < -0.3 is 47.2 Å². The van der Waals surface area contributed by atoms with Crippen LogP contribution in [-0.2, 0) is 33.6 Å². The first-order valence-corrected chi connectivity index (χ1v) is 10.4. The van der Waals surface area contributed by atoms with Crippen molar-refractivity contribution >= 4 is 41.6 Å². The highest BCUT2D eigenvalue weighted by atomic mass is 16.4. The van der Waals surface area contributed by atoms with Crippen molar-refractivity contribution in [2.75, 3.05) is 0 Å². The fourth-order valence-corrected chi connectivity index (χ4v) is 2.63. The number of nitrogens with two attached hydrogens (primary N) is 1. The standard InChI is InChI=1S/C19H30N4O12/c1-8(24)15(20)18(33)22-10(3-6-13(27)28)16(31)21-9(2-5-12(25)26)17(32)23-11(19(34)35)4-7-14(29)30/h8-11,15,24H,2-7,20H2,1H3,(H,21,31)(H,22,33)(H,23,32)(H,25,26)(H,27,28)(H,29,30)(H,34,35). The molecular formula is C19H30N4O12. The van der Waals surface area contributed by atoms with Gasteiger partial charge in [-0.2, -0.15) is 0 Å². The number of hydrogen-bond acceptors (Lipinski definition) is 9. The van der Waals surface area contributed by atoms with Crippen molar-refractivity contribution in [3.05, 3.63) is 0 Å². The Morgan fingerprint density at radius 1 is 0.629 bits per heavy atom. The maximum absolute atomic E-state index is 12.7. The Morgan fingerprint density at radius 3 is 1.26 bits per heavy atom. The molecule has 5 unspecified atom stereocenters. The van der Waals surface area contributed by atoms with Gasteiger partial charge in [0.25, 0.3) is 0 Å². The minimum Gasteiger partial charge on any atom is -0.481 e. The van der Waals surface area contributed by atoms with Crippen LogP contribution in [0.2, 0.25) is 0 Å². The molecule has 0 aliphatic heterocycles. The number of aliphatic hydroxyl groups excluding tert-OH is 1. The summed E-state index contributed by atoms with van der Waals surface area (Å²) in [5.41, 5.74) is 5.49. The maximum Gasteiger partial charge on any atom is 0.326 e. The van der Waals surface area contributed by atoms with Crippen LogP contribution in [-0.4, -0.2) is 97.4 Å². The molecule has 198 valence electrons. The molecule has 0 aliphatic rings. The van der Waals surface area contributed by atoms with E-state index >= 15 is 0 Å². The molecule has 0 spiro atoms. The molecular weight excluding hydrogens is 476 g/mol. The Kier molecular flexibility index (Phi) is 13.5. The van der Waals surface area contributed by atoms with E-state index in [1.807, 2.05) is 5.32 Å². The number of hydrogen-bond donors (Lipinski definition) is 9. The fraction of sp³-hybridized carbons (Fsp3) is 0.632. The molecule has 0 aliphatic carbocycles. The van der Waals surface area contributed by atoms with E-state index in [2.05, 4.69) is 10.6 Å². The van der Waals surface area contributed by atoms with Crippen LogP contribution in [0.4, 0.5) is 0 Å². The lowest BCUT2D eigenvalue weighted by molar-refractivity contribution is -0.144. The number of rotatable bonds is 17. The second-order valence-electron chi connectivity index (χ2n) is 7.59. The molecule has 0 aromatic rings. The number of aliphatic carboxylic acids is 4. The minimum absolute atomic E-state index is 0.455. The van der Waals surface area contributed by atoms with Crippen molar-refractivity contribution in [3.8, 4) is 0 Å². The number of carboxylic acids is 4. The van der Waals surface area contributed by atoms with Gasteiger partial charge >= 0.3 is 23.9 Å². The van der Waals surface area contributed by atoms with Gasteiger partial charge in [-0.05, 0) is 26.2 Å². The van der Waals surface area contributed by atoms with E-state index in [0.29, 0.717) is 0 Å². The fourth-order valence-electron chi connectivity index (χ4n) is 2.63. The predicted octanol–water partition coefficient (Wildman–Crippen LogP) is -3.17. The Morgan fingerprint density at radius 2 is 0.943 bits per heavy atom. The first-order valence-electron chi connectivity index (χ1n) is 10.4. The Labute approximate surface area is 198 Å². The first kappa shape index (κ1) is 31.2. The van der Waals surface area contributed by atoms with Crippen molar-refractivity contribution in [2.45, 2.75) is 75.7 Å². The van der Waals surface area contributed by atoms with Gasteiger partial charge in [0.1, 0.15) is 24.2 Å². The highest BCUT2D eigenvalue weighted by Gasteiger charge is 2.31. The molecule has 0 bridgehead atoms. The van der Waals surface area contributed by atoms with Gasteiger partial charge in [0.05, 0.1) is 6.10 Å². The Balaban J connectivity index is 5.65. The molecule has 5 atom stereocenters. The molecule has 16 nitrogen and oxygen atoms in total. The van der Waals surface area contributed by atoms with Crippen molar-refractivity contribution in [2.24, 2.45) is 5.73 Å². The second-order valence-corrected chi connectivity index (χ2v) is 7.59.